The predicted octanol–water partition coefficient (Wildman–Crippen LogP) is -0.0624. The molecule has 2 amide bonds. The molecular weight excluding hydrogens is 288 g/mol. The van der Waals surface area contributed by atoms with E-state index in [1.54, 1.807) is 0 Å². The molecule has 7 heteroatoms. The Bertz CT molecular complexity index is 655. The lowest BCUT2D eigenvalue weighted by Gasteiger charge is -2.17. The van der Waals surface area contributed by atoms with Gasteiger partial charge < -0.3 is 21.8 Å². The van der Waals surface area contributed by atoms with Crippen LogP contribution in [0, 0.1) is 0 Å². The number of aromatic nitrogens is 1. The third-order valence-electron chi connectivity index (χ3n) is 3.29. The summed E-state index contributed by atoms with van der Waals surface area (Å²) in [5, 5.41) is 3.57. The number of rotatable bonds is 6. The number of amides is 2. The number of para-hydroxylation sites is 1. The van der Waals surface area contributed by atoms with Crippen LogP contribution in [0.4, 0.5) is 0 Å². The van der Waals surface area contributed by atoms with E-state index < -0.39 is 23.9 Å². The molecule has 0 unspecified atom stereocenters. The van der Waals surface area contributed by atoms with Crippen LogP contribution >= 0.6 is 12.6 Å². The molecule has 1 aromatic carbocycles. The third-order valence-corrected chi connectivity index (χ3v) is 3.69. The molecule has 0 spiro atoms. The average Bonchev–Trinajstić information content (AvgIpc) is 2.88. The minimum absolute atomic E-state index is 0.199. The van der Waals surface area contributed by atoms with Gasteiger partial charge in [0.1, 0.15) is 6.04 Å². The van der Waals surface area contributed by atoms with E-state index in [1.165, 1.54) is 0 Å². The normalized spacial score (nSPS) is 13.8. The molecular formula is C14H18N4O2S. The van der Waals surface area contributed by atoms with Gasteiger partial charge in [-0.05, 0) is 11.6 Å². The minimum Gasteiger partial charge on any atom is -0.368 e. The average molecular weight is 306 g/mol. The molecule has 6 N–H and O–H groups in total. The number of nitrogens with one attached hydrogen (secondary N) is 2. The zero-order valence-electron chi connectivity index (χ0n) is 11.4. The number of H-pyrrole nitrogens is 1. The summed E-state index contributed by atoms with van der Waals surface area (Å²) in [5.41, 5.74) is 12.8. The zero-order chi connectivity index (χ0) is 15.4. The Morgan fingerprint density at radius 2 is 2.05 bits per heavy atom. The van der Waals surface area contributed by atoms with Crippen LogP contribution in [0.5, 0.6) is 0 Å². The summed E-state index contributed by atoms with van der Waals surface area (Å²) in [4.78, 5) is 26.4. The Kier molecular flexibility index (Phi) is 4.87. The Morgan fingerprint density at radius 1 is 1.33 bits per heavy atom. The summed E-state index contributed by atoms with van der Waals surface area (Å²) in [6.07, 6.45) is 2.12. The van der Waals surface area contributed by atoms with E-state index in [-0.39, 0.29) is 5.75 Å². The molecule has 0 saturated heterocycles. The van der Waals surface area contributed by atoms with Crippen molar-refractivity contribution in [2.24, 2.45) is 11.5 Å². The zero-order valence-corrected chi connectivity index (χ0v) is 12.3. The molecule has 0 aliphatic rings. The number of hydrogen-bond acceptors (Lipinski definition) is 4. The number of aromatic amines is 1. The van der Waals surface area contributed by atoms with Crippen molar-refractivity contribution in [3.8, 4) is 0 Å². The first-order valence-electron chi connectivity index (χ1n) is 6.54. The molecule has 1 heterocycles. The van der Waals surface area contributed by atoms with Gasteiger partial charge in [-0.15, -0.1) is 0 Å². The molecule has 21 heavy (non-hydrogen) atoms. The number of hydrogen-bond donors (Lipinski definition) is 5. The highest BCUT2D eigenvalue weighted by Crippen LogP contribution is 2.19. The van der Waals surface area contributed by atoms with Crippen LogP contribution in [0.25, 0.3) is 10.9 Å². The van der Waals surface area contributed by atoms with Crippen molar-refractivity contribution in [1.29, 1.82) is 0 Å². The molecule has 6 nitrogen and oxygen atoms in total. The first kappa shape index (κ1) is 15.4. The molecule has 2 atom stereocenters. The Labute approximate surface area is 127 Å². The third kappa shape index (κ3) is 3.56. The number of benzene rings is 1. The first-order valence-corrected chi connectivity index (χ1v) is 7.17. The molecule has 0 bridgehead atoms. The van der Waals surface area contributed by atoms with Gasteiger partial charge in [0.2, 0.25) is 11.8 Å². The second-order valence-corrected chi connectivity index (χ2v) is 5.18. The van der Waals surface area contributed by atoms with Gasteiger partial charge in [0.25, 0.3) is 0 Å². The van der Waals surface area contributed by atoms with Crippen molar-refractivity contribution >= 4 is 35.3 Å². The SMILES string of the molecule is NC(=O)[C@H](Cc1c[nH]c2ccccc12)NC(=O)[C@@H](N)CS. The van der Waals surface area contributed by atoms with Gasteiger partial charge in [0.05, 0.1) is 6.04 Å². The number of fused-ring (bicyclic) bond motifs is 1. The Balaban J connectivity index is 2.17. The molecule has 1 aromatic heterocycles. The van der Waals surface area contributed by atoms with Gasteiger partial charge >= 0.3 is 0 Å². The molecule has 2 aromatic rings. The predicted molar refractivity (Wildman–Crippen MR) is 85.0 cm³/mol. The monoisotopic (exact) mass is 306 g/mol. The smallest absolute Gasteiger partial charge is 0.240 e. The van der Waals surface area contributed by atoms with Crippen molar-refractivity contribution in [3.63, 3.8) is 0 Å². The van der Waals surface area contributed by atoms with Crippen LogP contribution in [0.3, 0.4) is 0 Å². The van der Waals surface area contributed by atoms with Crippen LogP contribution in [0.1, 0.15) is 5.56 Å². The molecule has 0 fully saturated rings. The maximum Gasteiger partial charge on any atom is 0.240 e. The maximum atomic E-state index is 11.8. The van der Waals surface area contributed by atoms with E-state index in [0.717, 1.165) is 16.5 Å². The van der Waals surface area contributed by atoms with E-state index in [4.69, 9.17) is 11.5 Å². The number of carbonyl (C=O) groups excluding carboxylic acids is 2. The number of nitrogens with two attached hydrogens (primary N) is 2. The van der Waals surface area contributed by atoms with E-state index in [9.17, 15) is 9.59 Å². The fourth-order valence-electron chi connectivity index (χ4n) is 2.10. The van der Waals surface area contributed by atoms with E-state index in [1.807, 2.05) is 30.5 Å². The van der Waals surface area contributed by atoms with Gasteiger partial charge in [0, 0.05) is 29.3 Å². The Morgan fingerprint density at radius 3 is 2.71 bits per heavy atom. The quantitative estimate of drug-likeness (QED) is 0.482. The van der Waals surface area contributed by atoms with Gasteiger partial charge in [-0.2, -0.15) is 12.6 Å². The van der Waals surface area contributed by atoms with Crippen LogP contribution in [0.2, 0.25) is 0 Å². The lowest BCUT2D eigenvalue weighted by atomic mass is 10.0. The fourth-order valence-corrected chi connectivity index (χ4v) is 2.27. The first-order chi connectivity index (χ1) is 10.0. The molecule has 0 aliphatic heterocycles. The lowest BCUT2D eigenvalue weighted by Crippen LogP contribution is -2.51. The van der Waals surface area contributed by atoms with Crippen molar-refractivity contribution in [2.75, 3.05) is 5.75 Å². The largest absolute Gasteiger partial charge is 0.368 e. The van der Waals surface area contributed by atoms with Crippen molar-refractivity contribution in [3.05, 3.63) is 36.0 Å². The van der Waals surface area contributed by atoms with Crippen LogP contribution in [-0.2, 0) is 16.0 Å². The number of primary amides is 1. The van der Waals surface area contributed by atoms with Gasteiger partial charge in [-0.1, -0.05) is 18.2 Å². The summed E-state index contributed by atoms with van der Waals surface area (Å²) in [5.74, 6) is -0.835. The standard InChI is InChI=1S/C14H18N4O2S/c15-10(7-21)14(20)18-12(13(16)19)5-8-6-17-11-4-2-1-3-9(8)11/h1-4,6,10,12,17,21H,5,7,15H2,(H2,16,19)(H,18,20)/t10-,12-/m0/s1. The summed E-state index contributed by atoms with van der Waals surface area (Å²) >= 11 is 3.96. The minimum atomic E-state index is -0.803. The van der Waals surface area contributed by atoms with Crippen molar-refractivity contribution in [1.82, 2.24) is 10.3 Å². The number of thiol groups is 1. The molecule has 112 valence electrons. The van der Waals surface area contributed by atoms with Crippen LogP contribution < -0.4 is 16.8 Å². The Hall–Kier alpha value is -1.99. The van der Waals surface area contributed by atoms with E-state index >= 15 is 0 Å². The van der Waals surface area contributed by atoms with Crippen molar-refractivity contribution in [2.45, 2.75) is 18.5 Å². The second kappa shape index (κ2) is 6.64. The second-order valence-electron chi connectivity index (χ2n) is 4.82. The highest BCUT2D eigenvalue weighted by atomic mass is 32.1. The van der Waals surface area contributed by atoms with Crippen molar-refractivity contribution < 1.29 is 9.59 Å². The molecule has 0 radical (unpaired) electrons. The van der Waals surface area contributed by atoms with Gasteiger partial charge in [-0.25, -0.2) is 0 Å². The maximum absolute atomic E-state index is 11.8. The molecule has 0 aliphatic carbocycles. The van der Waals surface area contributed by atoms with Gasteiger partial charge in [-0.3, -0.25) is 9.59 Å². The van der Waals surface area contributed by atoms with Crippen LogP contribution in [0.15, 0.2) is 30.5 Å². The van der Waals surface area contributed by atoms with Gasteiger partial charge in [0.15, 0.2) is 0 Å². The molecule has 2 rings (SSSR count). The topological polar surface area (TPSA) is 114 Å². The highest BCUT2D eigenvalue weighted by Gasteiger charge is 2.22. The summed E-state index contributed by atoms with van der Waals surface area (Å²) in [6.45, 7) is 0. The highest BCUT2D eigenvalue weighted by molar-refractivity contribution is 7.80. The molecule has 0 saturated carbocycles. The summed E-state index contributed by atoms with van der Waals surface area (Å²) in [6, 6.07) is 6.14. The summed E-state index contributed by atoms with van der Waals surface area (Å²) < 4.78 is 0. The van der Waals surface area contributed by atoms with E-state index in [0.29, 0.717) is 6.42 Å². The lowest BCUT2D eigenvalue weighted by molar-refractivity contribution is -0.127. The summed E-state index contributed by atoms with van der Waals surface area (Å²) in [7, 11) is 0. The van der Waals surface area contributed by atoms with Crippen LogP contribution in [-0.4, -0.2) is 34.6 Å². The van der Waals surface area contributed by atoms with E-state index in [2.05, 4.69) is 22.9 Å². The fraction of sp³-hybridized carbons (Fsp3) is 0.286. The number of carbonyl (C=O) groups is 2.